The van der Waals surface area contributed by atoms with Gasteiger partial charge in [0, 0.05) is 25.2 Å². The van der Waals surface area contributed by atoms with Gasteiger partial charge in [-0.3, -0.25) is 4.79 Å². The third-order valence-electron chi connectivity index (χ3n) is 3.53. The lowest BCUT2D eigenvalue weighted by molar-refractivity contribution is 0.0711. The molecular weight excluding hydrogens is 264 g/mol. The summed E-state index contributed by atoms with van der Waals surface area (Å²) >= 11 is 0. The molecule has 2 N–H and O–H groups in total. The lowest BCUT2D eigenvalue weighted by atomic mass is 10.1. The molecule has 4 nitrogen and oxygen atoms in total. The van der Waals surface area contributed by atoms with Gasteiger partial charge in [-0.15, -0.1) is 0 Å². The number of amides is 1. The van der Waals surface area contributed by atoms with E-state index in [0.717, 1.165) is 25.5 Å². The van der Waals surface area contributed by atoms with Crippen LogP contribution in [0.2, 0.25) is 0 Å². The third-order valence-corrected chi connectivity index (χ3v) is 3.53. The maximum atomic E-state index is 13.8. The van der Waals surface area contributed by atoms with Gasteiger partial charge in [0.1, 0.15) is 11.6 Å². The summed E-state index contributed by atoms with van der Waals surface area (Å²) in [7, 11) is 3.86. The molecule has 1 aliphatic heterocycles. The van der Waals surface area contributed by atoms with Crippen molar-refractivity contribution in [3.63, 3.8) is 0 Å². The number of rotatable bonds is 3. The number of benzene rings is 1. The Morgan fingerprint density at radius 2 is 2.10 bits per heavy atom. The van der Waals surface area contributed by atoms with Gasteiger partial charge in [0.05, 0.1) is 11.3 Å². The Bertz CT molecular complexity index is 519. The summed E-state index contributed by atoms with van der Waals surface area (Å²) in [6.07, 6.45) is 1.78. The number of carbonyl (C=O) groups is 1. The van der Waals surface area contributed by atoms with Crippen molar-refractivity contribution >= 4 is 11.6 Å². The SMILES string of the molecule is CN(C)CC1CCCN1C(=O)c1cc(N)c(F)cc1F. The highest BCUT2D eigenvalue weighted by molar-refractivity contribution is 5.95. The van der Waals surface area contributed by atoms with Crippen molar-refractivity contribution in [2.45, 2.75) is 18.9 Å². The van der Waals surface area contributed by atoms with Crippen LogP contribution in [0.1, 0.15) is 23.2 Å². The van der Waals surface area contributed by atoms with E-state index in [2.05, 4.69) is 0 Å². The zero-order valence-electron chi connectivity index (χ0n) is 11.7. The van der Waals surface area contributed by atoms with Crippen molar-refractivity contribution in [2.75, 3.05) is 32.9 Å². The fourth-order valence-corrected chi connectivity index (χ4v) is 2.60. The van der Waals surface area contributed by atoms with Crippen LogP contribution in [-0.2, 0) is 0 Å². The number of nitrogen functional groups attached to an aromatic ring is 1. The minimum atomic E-state index is -0.864. The largest absolute Gasteiger partial charge is 0.396 e. The molecule has 1 amide bonds. The van der Waals surface area contributed by atoms with Gasteiger partial charge in [0.15, 0.2) is 0 Å². The minimum absolute atomic E-state index is 0.0585. The van der Waals surface area contributed by atoms with Crippen LogP contribution in [0.15, 0.2) is 12.1 Å². The molecule has 1 aromatic rings. The molecule has 0 radical (unpaired) electrons. The van der Waals surface area contributed by atoms with E-state index in [1.54, 1.807) is 4.90 Å². The van der Waals surface area contributed by atoms with E-state index in [0.29, 0.717) is 12.6 Å². The zero-order valence-corrected chi connectivity index (χ0v) is 11.7. The lowest BCUT2D eigenvalue weighted by Crippen LogP contribution is -2.41. The lowest BCUT2D eigenvalue weighted by Gasteiger charge is -2.27. The van der Waals surface area contributed by atoms with E-state index in [4.69, 9.17) is 5.73 Å². The van der Waals surface area contributed by atoms with Gasteiger partial charge in [-0.2, -0.15) is 0 Å². The van der Waals surface area contributed by atoms with Crippen molar-refractivity contribution in [3.05, 3.63) is 29.3 Å². The number of likely N-dealkylation sites (N-methyl/N-ethyl adjacent to an activating group) is 1. The predicted octanol–water partition coefficient (Wildman–Crippen LogP) is 1.71. The number of halogens is 2. The molecule has 0 aliphatic carbocycles. The summed E-state index contributed by atoms with van der Waals surface area (Å²) < 4.78 is 26.9. The highest BCUT2D eigenvalue weighted by atomic mass is 19.1. The van der Waals surface area contributed by atoms with Crippen molar-refractivity contribution in [1.82, 2.24) is 9.80 Å². The van der Waals surface area contributed by atoms with Gasteiger partial charge in [0.2, 0.25) is 0 Å². The molecule has 0 spiro atoms. The molecule has 0 bridgehead atoms. The average Bonchev–Trinajstić information content (AvgIpc) is 2.80. The summed E-state index contributed by atoms with van der Waals surface area (Å²) in [5.74, 6) is -2.12. The highest BCUT2D eigenvalue weighted by Crippen LogP contribution is 2.24. The quantitative estimate of drug-likeness (QED) is 0.859. The fraction of sp³-hybridized carbons (Fsp3) is 0.500. The number of hydrogen-bond acceptors (Lipinski definition) is 3. The monoisotopic (exact) mass is 283 g/mol. The van der Waals surface area contributed by atoms with Crippen LogP contribution in [0.25, 0.3) is 0 Å². The van der Waals surface area contributed by atoms with Crippen LogP contribution >= 0.6 is 0 Å². The molecule has 1 heterocycles. The molecule has 20 heavy (non-hydrogen) atoms. The van der Waals surface area contributed by atoms with Crippen LogP contribution < -0.4 is 5.73 Å². The Balaban J connectivity index is 2.24. The Kier molecular flexibility index (Phi) is 4.23. The molecular formula is C14H19F2N3O. The van der Waals surface area contributed by atoms with Gasteiger partial charge in [0.25, 0.3) is 5.91 Å². The van der Waals surface area contributed by atoms with Crippen LogP contribution in [0, 0.1) is 11.6 Å². The third kappa shape index (κ3) is 2.90. The Labute approximate surface area is 117 Å². The predicted molar refractivity (Wildman–Crippen MR) is 73.4 cm³/mol. The van der Waals surface area contributed by atoms with Gasteiger partial charge in [-0.05, 0) is 33.0 Å². The first-order valence-electron chi connectivity index (χ1n) is 6.60. The number of likely N-dealkylation sites (tertiary alicyclic amines) is 1. The number of anilines is 1. The number of nitrogens with two attached hydrogens (primary N) is 1. The summed E-state index contributed by atoms with van der Waals surface area (Å²) in [5, 5.41) is 0. The molecule has 0 aromatic heterocycles. The summed E-state index contributed by atoms with van der Waals surface area (Å²) in [5.41, 5.74) is 5.05. The summed E-state index contributed by atoms with van der Waals surface area (Å²) in [4.78, 5) is 16.1. The van der Waals surface area contributed by atoms with Gasteiger partial charge < -0.3 is 15.5 Å². The summed E-state index contributed by atoms with van der Waals surface area (Å²) in [6.45, 7) is 1.32. The first-order valence-corrected chi connectivity index (χ1v) is 6.60. The number of carbonyl (C=O) groups excluding carboxylic acids is 1. The van der Waals surface area contributed by atoms with Gasteiger partial charge in [-0.1, -0.05) is 0 Å². The van der Waals surface area contributed by atoms with Gasteiger partial charge in [-0.25, -0.2) is 8.78 Å². The zero-order chi connectivity index (χ0) is 14.9. The second kappa shape index (κ2) is 5.75. The maximum absolute atomic E-state index is 13.8. The molecule has 6 heteroatoms. The maximum Gasteiger partial charge on any atom is 0.257 e. The molecule has 2 rings (SSSR count). The number of nitrogens with zero attached hydrogens (tertiary/aromatic N) is 2. The smallest absolute Gasteiger partial charge is 0.257 e. The first-order chi connectivity index (χ1) is 9.40. The Morgan fingerprint density at radius 1 is 1.40 bits per heavy atom. The number of hydrogen-bond donors (Lipinski definition) is 1. The first kappa shape index (κ1) is 14.7. The molecule has 1 aliphatic rings. The molecule has 1 unspecified atom stereocenters. The molecule has 1 saturated heterocycles. The topological polar surface area (TPSA) is 49.6 Å². The normalized spacial score (nSPS) is 18.9. The molecule has 110 valence electrons. The highest BCUT2D eigenvalue weighted by Gasteiger charge is 2.31. The molecule has 1 atom stereocenters. The van der Waals surface area contributed by atoms with Crippen molar-refractivity contribution < 1.29 is 13.6 Å². The van der Waals surface area contributed by atoms with E-state index in [9.17, 15) is 13.6 Å². The standard InChI is InChI=1S/C14H19F2N3O/c1-18(2)8-9-4-3-5-19(9)14(20)10-6-13(17)12(16)7-11(10)15/h6-7,9H,3-5,8,17H2,1-2H3. The Morgan fingerprint density at radius 3 is 2.75 bits per heavy atom. The molecule has 0 saturated carbocycles. The average molecular weight is 283 g/mol. The van der Waals surface area contributed by atoms with Crippen LogP contribution in [0.3, 0.4) is 0 Å². The Hall–Kier alpha value is -1.69. The van der Waals surface area contributed by atoms with Crippen LogP contribution in [0.5, 0.6) is 0 Å². The van der Waals surface area contributed by atoms with Crippen LogP contribution in [-0.4, -0.2) is 48.9 Å². The molecule has 1 fully saturated rings. The van der Waals surface area contributed by atoms with E-state index >= 15 is 0 Å². The fourth-order valence-electron chi connectivity index (χ4n) is 2.60. The molecule has 1 aromatic carbocycles. The second-order valence-electron chi connectivity index (χ2n) is 5.41. The van der Waals surface area contributed by atoms with E-state index < -0.39 is 17.5 Å². The van der Waals surface area contributed by atoms with E-state index in [-0.39, 0.29) is 17.3 Å². The van der Waals surface area contributed by atoms with E-state index in [1.165, 1.54) is 0 Å². The van der Waals surface area contributed by atoms with Crippen molar-refractivity contribution in [3.8, 4) is 0 Å². The van der Waals surface area contributed by atoms with Crippen molar-refractivity contribution in [1.29, 1.82) is 0 Å². The van der Waals surface area contributed by atoms with Gasteiger partial charge >= 0.3 is 0 Å². The second-order valence-corrected chi connectivity index (χ2v) is 5.41. The van der Waals surface area contributed by atoms with E-state index in [1.807, 2.05) is 19.0 Å². The van der Waals surface area contributed by atoms with Crippen LogP contribution in [0.4, 0.5) is 14.5 Å². The van der Waals surface area contributed by atoms with Crippen molar-refractivity contribution in [2.24, 2.45) is 0 Å². The summed E-state index contributed by atoms with van der Waals surface area (Å²) in [6, 6.07) is 1.81. The minimum Gasteiger partial charge on any atom is -0.396 e.